The summed E-state index contributed by atoms with van der Waals surface area (Å²) in [7, 11) is 1.37. The van der Waals surface area contributed by atoms with Gasteiger partial charge in [0, 0.05) is 51.0 Å². The second kappa shape index (κ2) is 15.1. The molecule has 1 saturated carbocycles. The van der Waals surface area contributed by atoms with Crippen LogP contribution in [-0.2, 0) is 22.5 Å². The van der Waals surface area contributed by atoms with Gasteiger partial charge in [-0.05, 0) is 78.3 Å². The summed E-state index contributed by atoms with van der Waals surface area (Å²) in [5.74, 6) is 1.11. The first-order valence-corrected chi connectivity index (χ1v) is 16.5. The Morgan fingerprint density at radius 2 is 1.53 bits per heavy atom. The van der Waals surface area contributed by atoms with Gasteiger partial charge in [0.2, 0.25) is 5.91 Å². The molecule has 3 N–H and O–H groups in total. The van der Waals surface area contributed by atoms with Gasteiger partial charge >= 0.3 is 6.09 Å². The van der Waals surface area contributed by atoms with Crippen LogP contribution in [0.15, 0.2) is 97.2 Å². The molecule has 0 unspecified atom stereocenters. The predicted molar refractivity (Wildman–Crippen MR) is 187 cm³/mol. The summed E-state index contributed by atoms with van der Waals surface area (Å²) in [4.78, 5) is 37.3. The first kappa shape index (κ1) is 32.1. The van der Waals surface area contributed by atoms with Crippen molar-refractivity contribution in [2.45, 2.75) is 50.7 Å². The Morgan fingerprint density at radius 1 is 0.830 bits per heavy atom. The zero-order valence-electron chi connectivity index (χ0n) is 27.1. The predicted octanol–water partition coefficient (Wildman–Crippen LogP) is 6.09. The molecule has 1 saturated heterocycles. The van der Waals surface area contributed by atoms with E-state index < -0.39 is 6.09 Å². The number of nitrogens with zero attached hydrogens (tertiary/aromatic N) is 4. The monoisotopic (exact) mass is 632 g/mol. The van der Waals surface area contributed by atoms with E-state index in [0.717, 1.165) is 85.6 Å². The molecule has 9 heteroatoms. The molecule has 47 heavy (non-hydrogen) atoms. The molecule has 0 spiro atoms. The van der Waals surface area contributed by atoms with E-state index in [4.69, 9.17) is 10.5 Å². The van der Waals surface area contributed by atoms with Gasteiger partial charge in [-0.1, -0.05) is 60.7 Å². The Morgan fingerprint density at radius 3 is 2.26 bits per heavy atom. The summed E-state index contributed by atoms with van der Waals surface area (Å²) in [5, 5.41) is 2.95. The normalized spacial score (nSPS) is 18.0. The van der Waals surface area contributed by atoms with Crippen molar-refractivity contribution >= 4 is 29.2 Å². The van der Waals surface area contributed by atoms with Crippen molar-refractivity contribution in [2.24, 2.45) is 5.73 Å². The molecule has 4 aromatic rings. The summed E-state index contributed by atoms with van der Waals surface area (Å²) in [6.45, 7) is 3.77. The fraction of sp³-hybridized carbons (Fsp3) is 0.342. The number of anilines is 3. The zero-order valence-corrected chi connectivity index (χ0v) is 27.1. The van der Waals surface area contributed by atoms with Crippen LogP contribution in [0.5, 0.6) is 0 Å². The standard InChI is InChI=1S/C38H44N6O3/c1-47-38(46)41-34-26-31(13-18-35(34)42-20-22-43(23-21-42)36-12-5-6-19-40-36)30-11-7-10-29(24-30)27-44(33-16-14-32(39)15-17-33)37(45)25-28-8-3-2-4-9-28/h2-13,18-19,24,26,32-33H,14-17,20-23,25,27,39H2,1H3,(H,41,46). The maximum absolute atomic E-state index is 13.7. The van der Waals surface area contributed by atoms with Gasteiger partial charge in [0.15, 0.2) is 0 Å². The molecule has 1 aliphatic carbocycles. The number of piperazine rings is 1. The van der Waals surface area contributed by atoms with Gasteiger partial charge in [0.05, 0.1) is 24.9 Å². The van der Waals surface area contributed by atoms with Gasteiger partial charge in [-0.15, -0.1) is 0 Å². The number of nitrogens with two attached hydrogens (primary N) is 1. The molecular weight excluding hydrogens is 588 g/mol. The molecule has 1 aromatic heterocycles. The van der Waals surface area contributed by atoms with Crippen LogP contribution >= 0.6 is 0 Å². The molecule has 1 aliphatic heterocycles. The summed E-state index contributed by atoms with van der Waals surface area (Å²) >= 11 is 0. The van der Waals surface area contributed by atoms with Gasteiger partial charge < -0.3 is 25.2 Å². The first-order chi connectivity index (χ1) is 23.0. The molecule has 2 fully saturated rings. The highest BCUT2D eigenvalue weighted by atomic mass is 16.5. The van der Waals surface area contributed by atoms with Crippen LogP contribution in [0.3, 0.4) is 0 Å². The van der Waals surface area contributed by atoms with Crippen LogP contribution < -0.4 is 20.9 Å². The number of methoxy groups -OCH3 is 1. The maximum Gasteiger partial charge on any atom is 0.411 e. The lowest BCUT2D eigenvalue weighted by Gasteiger charge is -2.37. The minimum absolute atomic E-state index is 0.138. The van der Waals surface area contributed by atoms with E-state index >= 15 is 0 Å². The number of nitrogens with one attached hydrogen (secondary N) is 1. The fourth-order valence-corrected chi connectivity index (χ4v) is 6.72. The van der Waals surface area contributed by atoms with Crippen molar-refractivity contribution in [3.05, 3.63) is 108 Å². The summed E-state index contributed by atoms with van der Waals surface area (Å²) in [5.41, 5.74) is 12.0. The lowest BCUT2D eigenvalue weighted by Crippen LogP contribution is -2.47. The number of carbonyl (C=O) groups is 2. The van der Waals surface area contributed by atoms with Gasteiger partial charge in [-0.2, -0.15) is 0 Å². The number of hydrogen-bond donors (Lipinski definition) is 2. The third-order valence-electron chi connectivity index (χ3n) is 9.33. The molecule has 0 atom stereocenters. The number of pyridine rings is 1. The van der Waals surface area contributed by atoms with Gasteiger partial charge in [-0.3, -0.25) is 10.1 Å². The highest BCUT2D eigenvalue weighted by molar-refractivity contribution is 5.91. The first-order valence-electron chi connectivity index (χ1n) is 16.5. The van der Waals surface area contributed by atoms with Crippen LogP contribution in [0.1, 0.15) is 36.8 Å². The van der Waals surface area contributed by atoms with Crippen LogP contribution in [0.2, 0.25) is 0 Å². The van der Waals surface area contributed by atoms with E-state index in [9.17, 15) is 9.59 Å². The number of aromatic nitrogens is 1. The lowest BCUT2D eigenvalue weighted by atomic mass is 9.90. The van der Waals surface area contributed by atoms with Crippen molar-refractivity contribution < 1.29 is 14.3 Å². The Labute approximate surface area is 277 Å². The molecule has 3 aromatic carbocycles. The molecular formula is C38H44N6O3. The van der Waals surface area contributed by atoms with E-state index in [-0.39, 0.29) is 18.0 Å². The summed E-state index contributed by atoms with van der Waals surface area (Å²) < 4.78 is 4.98. The average molecular weight is 633 g/mol. The van der Waals surface area contributed by atoms with Gasteiger partial charge in [0.25, 0.3) is 0 Å². The average Bonchev–Trinajstić information content (AvgIpc) is 3.12. The number of ether oxygens (including phenoxy) is 1. The van der Waals surface area contributed by atoms with Crippen molar-refractivity contribution in [2.75, 3.05) is 48.4 Å². The fourth-order valence-electron chi connectivity index (χ4n) is 6.72. The quantitative estimate of drug-likeness (QED) is 0.230. The molecule has 2 heterocycles. The van der Waals surface area contributed by atoms with Crippen molar-refractivity contribution in [1.29, 1.82) is 0 Å². The Kier molecular flexibility index (Phi) is 10.3. The van der Waals surface area contributed by atoms with Crippen LogP contribution in [0.25, 0.3) is 11.1 Å². The third-order valence-corrected chi connectivity index (χ3v) is 9.33. The molecule has 2 amide bonds. The van der Waals surface area contributed by atoms with E-state index in [2.05, 4.69) is 55.3 Å². The third kappa shape index (κ3) is 8.10. The van der Waals surface area contributed by atoms with Gasteiger partial charge in [-0.25, -0.2) is 9.78 Å². The molecule has 0 bridgehead atoms. The smallest absolute Gasteiger partial charge is 0.411 e. The largest absolute Gasteiger partial charge is 0.453 e. The highest BCUT2D eigenvalue weighted by Crippen LogP contribution is 2.34. The van der Waals surface area contributed by atoms with E-state index in [0.29, 0.717) is 18.7 Å². The number of amides is 2. The molecule has 2 aliphatic rings. The second-order valence-corrected chi connectivity index (χ2v) is 12.5. The minimum atomic E-state index is -0.510. The Hall–Kier alpha value is -4.89. The molecule has 9 nitrogen and oxygen atoms in total. The topological polar surface area (TPSA) is 104 Å². The van der Waals surface area contributed by atoms with Crippen molar-refractivity contribution in [3.63, 3.8) is 0 Å². The molecule has 6 rings (SSSR count). The van der Waals surface area contributed by atoms with E-state index in [1.165, 1.54) is 7.11 Å². The van der Waals surface area contributed by atoms with Crippen LogP contribution in [0, 0.1) is 0 Å². The second-order valence-electron chi connectivity index (χ2n) is 12.5. The Balaban J connectivity index is 1.22. The van der Waals surface area contributed by atoms with E-state index in [1.54, 1.807) is 0 Å². The summed E-state index contributed by atoms with van der Waals surface area (Å²) in [6.07, 6.45) is 5.39. The van der Waals surface area contributed by atoms with Crippen LogP contribution in [-0.4, -0.2) is 67.3 Å². The maximum atomic E-state index is 13.7. The number of benzene rings is 3. The van der Waals surface area contributed by atoms with Crippen LogP contribution in [0.4, 0.5) is 22.0 Å². The van der Waals surface area contributed by atoms with E-state index in [1.807, 2.05) is 66.9 Å². The SMILES string of the molecule is COC(=O)Nc1cc(-c2cccc(CN(C(=O)Cc3ccccc3)C3CCC(N)CC3)c2)ccc1N1CCN(c2ccccn2)CC1. The summed E-state index contributed by atoms with van der Waals surface area (Å²) in [6, 6.07) is 30.8. The lowest BCUT2D eigenvalue weighted by molar-refractivity contribution is -0.134. The number of hydrogen-bond acceptors (Lipinski definition) is 7. The molecule has 0 radical (unpaired) electrons. The number of rotatable bonds is 9. The highest BCUT2D eigenvalue weighted by Gasteiger charge is 2.28. The van der Waals surface area contributed by atoms with Gasteiger partial charge in [0.1, 0.15) is 5.82 Å². The molecule has 244 valence electrons. The zero-order chi connectivity index (χ0) is 32.6. The number of carbonyl (C=O) groups excluding carboxylic acids is 2. The van der Waals surface area contributed by atoms with Crippen molar-refractivity contribution in [1.82, 2.24) is 9.88 Å². The van der Waals surface area contributed by atoms with Crippen molar-refractivity contribution in [3.8, 4) is 11.1 Å². The Bertz CT molecular complexity index is 1630. The minimum Gasteiger partial charge on any atom is -0.453 e.